The highest BCUT2D eigenvalue weighted by molar-refractivity contribution is 5.66. The van der Waals surface area contributed by atoms with Crippen LogP contribution >= 0.6 is 0 Å². The van der Waals surface area contributed by atoms with Crippen molar-refractivity contribution in [2.75, 3.05) is 46.2 Å². The summed E-state index contributed by atoms with van der Waals surface area (Å²) in [5.41, 5.74) is 1.61. The van der Waals surface area contributed by atoms with Crippen molar-refractivity contribution < 1.29 is 28.6 Å². The molecule has 7 nitrogen and oxygen atoms in total. The summed E-state index contributed by atoms with van der Waals surface area (Å²) in [7, 11) is 0. The summed E-state index contributed by atoms with van der Waals surface area (Å²) in [5.74, 6) is 2.36. The van der Waals surface area contributed by atoms with Gasteiger partial charge in [0.15, 0.2) is 0 Å². The van der Waals surface area contributed by atoms with Gasteiger partial charge in [0, 0.05) is 0 Å². The molecule has 1 N–H and O–H groups in total. The molecule has 7 heteroatoms. The predicted octanol–water partition coefficient (Wildman–Crippen LogP) is 1.13. The Kier molecular flexibility index (Phi) is 11.6. The number of rotatable bonds is 11. The zero-order valence-electron chi connectivity index (χ0n) is 13.0. The molecular weight excluding hydrogens is 278 g/mol. The maximum Gasteiger partial charge on any atom is 0.431 e. The Morgan fingerprint density at radius 2 is 1.52 bits per heavy atom. The lowest BCUT2D eigenvalue weighted by atomic mass is 10.2. The number of hydrogen-bond donors (Lipinski definition) is 1. The Balaban J connectivity index is 3.19. The molecule has 1 amide bonds. The van der Waals surface area contributed by atoms with Gasteiger partial charge in [0.05, 0.1) is 39.6 Å². The highest BCUT2D eigenvalue weighted by atomic mass is 16.7. The maximum atomic E-state index is 11.2. The van der Waals surface area contributed by atoms with Crippen LogP contribution in [0.2, 0.25) is 0 Å². The van der Waals surface area contributed by atoms with Gasteiger partial charge in [-0.2, -0.15) is 5.48 Å². The quantitative estimate of drug-likeness (QED) is 0.350. The maximum absolute atomic E-state index is 11.2. The van der Waals surface area contributed by atoms with Crippen LogP contribution < -0.4 is 5.48 Å². The topological polar surface area (TPSA) is 75.3 Å². The fraction of sp³-hybridized carbons (Fsp3) is 0.786. The number of hydroxylamine groups is 1. The van der Waals surface area contributed by atoms with Crippen LogP contribution in [-0.4, -0.2) is 57.9 Å². The molecule has 0 saturated heterocycles. The summed E-state index contributed by atoms with van der Waals surface area (Å²) in [6, 6.07) is 0. The van der Waals surface area contributed by atoms with E-state index < -0.39 is 11.7 Å². The van der Waals surface area contributed by atoms with Crippen molar-refractivity contribution in [3.05, 3.63) is 0 Å². The minimum absolute atomic E-state index is 0.227. The van der Waals surface area contributed by atoms with Crippen LogP contribution in [0.5, 0.6) is 0 Å². The van der Waals surface area contributed by atoms with Crippen molar-refractivity contribution in [1.29, 1.82) is 0 Å². The molecular formula is C14H25NO6. The molecule has 0 atom stereocenters. The van der Waals surface area contributed by atoms with Crippen molar-refractivity contribution in [3.8, 4) is 12.3 Å². The van der Waals surface area contributed by atoms with E-state index in [-0.39, 0.29) is 6.61 Å². The van der Waals surface area contributed by atoms with Crippen LogP contribution in [0.4, 0.5) is 4.79 Å². The van der Waals surface area contributed by atoms with Crippen LogP contribution in [-0.2, 0) is 23.8 Å². The van der Waals surface area contributed by atoms with E-state index in [9.17, 15) is 4.79 Å². The number of carbonyl (C=O) groups excluding carboxylic acids is 1. The average Bonchev–Trinajstić information content (AvgIpc) is 2.38. The first kappa shape index (κ1) is 19.7. The van der Waals surface area contributed by atoms with E-state index in [4.69, 9.17) is 30.2 Å². The fourth-order valence-corrected chi connectivity index (χ4v) is 1.08. The van der Waals surface area contributed by atoms with E-state index in [1.165, 1.54) is 0 Å². The first-order chi connectivity index (χ1) is 9.95. The van der Waals surface area contributed by atoms with Crippen molar-refractivity contribution in [2.24, 2.45) is 0 Å². The van der Waals surface area contributed by atoms with Crippen molar-refractivity contribution in [3.63, 3.8) is 0 Å². The predicted molar refractivity (Wildman–Crippen MR) is 76.6 cm³/mol. The molecule has 0 rings (SSSR count). The molecule has 0 unspecified atom stereocenters. The Morgan fingerprint density at radius 1 is 1.00 bits per heavy atom. The number of hydrogen-bond acceptors (Lipinski definition) is 6. The van der Waals surface area contributed by atoms with Gasteiger partial charge in [-0.1, -0.05) is 5.92 Å². The van der Waals surface area contributed by atoms with E-state index >= 15 is 0 Å². The molecule has 0 saturated carbocycles. The minimum atomic E-state index is -0.627. The second-order valence-corrected chi connectivity index (χ2v) is 4.93. The molecule has 0 radical (unpaired) electrons. The van der Waals surface area contributed by atoms with Gasteiger partial charge in [0.25, 0.3) is 0 Å². The molecule has 122 valence electrons. The Bertz CT molecular complexity index is 308. The van der Waals surface area contributed by atoms with E-state index in [0.717, 1.165) is 0 Å². The van der Waals surface area contributed by atoms with Gasteiger partial charge in [0.2, 0.25) is 0 Å². The molecule has 0 fully saturated rings. The number of carbonyl (C=O) groups is 1. The first-order valence-electron chi connectivity index (χ1n) is 6.73. The van der Waals surface area contributed by atoms with Crippen LogP contribution in [0.25, 0.3) is 0 Å². The van der Waals surface area contributed by atoms with Gasteiger partial charge in [0.1, 0.15) is 12.2 Å². The Hall–Kier alpha value is -1.33. The molecule has 0 bridgehead atoms. The summed E-state index contributed by atoms with van der Waals surface area (Å²) < 4.78 is 20.5. The summed E-state index contributed by atoms with van der Waals surface area (Å²) in [4.78, 5) is 16.1. The van der Waals surface area contributed by atoms with E-state index in [1.54, 1.807) is 20.8 Å². The number of amides is 1. The lowest BCUT2D eigenvalue weighted by Crippen LogP contribution is -2.33. The summed E-state index contributed by atoms with van der Waals surface area (Å²) in [5, 5.41) is 0. The van der Waals surface area contributed by atoms with Gasteiger partial charge in [-0.3, -0.25) is 4.84 Å². The summed E-state index contributed by atoms with van der Waals surface area (Å²) in [6.07, 6.45) is 4.39. The summed E-state index contributed by atoms with van der Waals surface area (Å²) in [6.45, 7) is 8.01. The van der Waals surface area contributed by atoms with Gasteiger partial charge >= 0.3 is 6.09 Å². The first-order valence-corrected chi connectivity index (χ1v) is 6.73. The largest absolute Gasteiger partial charge is 0.442 e. The van der Waals surface area contributed by atoms with E-state index in [2.05, 4.69) is 11.4 Å². The average molecular weight is 303 g/mol. The number of terminal acetylenes is 1. The monoisotopic (exact) mass is 303 g/mol. The van der Waals surface area contributed by atoms with Crippen LogP contribution in [0.15, 0.2) is 0 Å². The molecule has 0 aliphatic rings. The van der Waals surface area contributed by atoms with Crippen molar-refractivity contribution in [2.45, 2.75) is 26.4 Å². The third-order valence-corrected chi connectivity index (χ3v) is 1.81. The molecule has 21 heavy (non-hydrogen) atoms. The van der Waals surface area contributed by atoms with Gasteiger partial charge in [-0.15, -0.1) is 6.42 Å². The van der Waals surface area contributed by atoms with Gasteiger partial charge in [-0.25, -0.2) is 4.79 Å². The normalized spacial score (nSPS) is 11.0. The highest BCUT2D eigenvalue weighted by Crippen LogP contribution is 2.06. The SMILES string of the molecule is C#CCOCCOCCOCCONC(=O)OC(C)(C)C. The lowest BCUT2D eigenvalue weighted by Gasteiger charge is -2.19. The summed E-state index contributed by atoms with van der Waals surface area (Å²) >= 11 is 0. The smallest absolute Gasteiger partial charge is 0.431 e. The molecule has 0 aromatic heterocycles. The standard InChI is InChI=1S/C14H25NO6/c1-5-6-17-7-8-18-9-10-19-11-12-20-15-13(16)21-14(2,3)4/h1H,6-12H2,2-4H3,(H,15,16). The molecule has 0 aliphatic heterocycles. The fourth-order valence-electron chi connectivity index (χ4n) is 1.08. The third-order valence-electron chi connectivity index (χ3n) is 1.81. The van der Waals surface area contributed by atoms with Crippen molar-refractivity contribution in [1.82, 2.24) is 5.48 Å². The minimum Gasteiger partial charge on any atom is -0.442 e. The van der Waals surface area contributed by atoms with Crippen LogP contribution in [0.3, 0.4) is 0 Å². The lowest BCUT2D eigenvalue weighted by molar-refractivity contribution is -0.0349. The number of ether oxygens (including phenoxy) is 4. The zero-order chi connectivity index (χ0) is 16.0. The van der Waals surface area contributed by atoms with Gasteiger partial charge in [-0.05, 0) is 20.8 Å². The van der Waals surface area contributed by atoms with Crippen LogP contribution in [0, 0.1) is 12.3 Å². The van der Waals surface area contributed by atoms with Crippen LogP contribution in [0.1, 0.15) is 20.8 Å². The molecule has 0 heterocycles. The third kappa shape index (κ3) is 16.6. The number of nitrogens with one attached hydrogen (secondary N) is 1. The molecule has 0 aliphatic carbocycles. The Labute approximate surface area is 126 Å². The molecule has 0 aromatic rings. The zero-order valence-corrected chi connectivity index (χ0v) is 13.0. The Morgan fingerprint density at radius 3 is 2.05 bits per heavy atom. The van der Waals surface area contributed by atoms with E-state index in [0.29, 0.717) is 39.6 Å². The molecule has 0 spiro atoms. The van der Waals surface area contributed by atoms with Gasteiger partial charge < -0.3 is 18.9 Å². The second-order valence-electron chi connectivity index (χ2n) is 4.93. The molecule has 0 aromatic carbocycles. The van der Waals surface area contributed by atoms with Crippen molar-refractivity contribution >= 4 is 6.09 Å². The second kappa shape index (κ2) is 12.4. The highest BCUT2D eigenvalue weighted by Gasteiger charge is 2.15. The van der Waals surface area contributed by atoms with E-state index in [1.807, 2.05) is 0 Å².